The number of hydrogen-bond donors (Lipinski definition) is 0. The summed E-state index contributed by atoms with van der Waals surface area (Å²) in [6.07, 6.45) is 1.52. The van der Waals surface area contributed by atoms with Gasteiger partial charge in [0.15, 0.2) is 0 Å². The Morgan fingerprint density at radius 2 is 1.77 bits per heavy atom. The van der Waals surface area contributed by atoms with E-state index in [-0.39, 0.29) is 4.90 Å². The Bertz CT molecular complexity index is 943. The van der Waals surface area contributed by atoms with Crippen LogP contribution >= 0.6 is 11.6 Å². The Balaban J connectivity index is 2.21. The van der Waals surface area contributed by atoms with Gasteiger partial charge in [0.1, 0.15) is 5.75 Å². The van der Waals surface area contributed by atoms with Crippen LogP contribution in [-0.4, -0.2) is 19.5 Å². The van der Waals surface area contributed by atoms with Gasteiger partial charge in [0.05, 0.1) is 22.5 Å². The summed E-state index contributed by atoms with van der Waals surface area (Å²) in [5, 5.41) is 1.12. The lowest BCUT2D eigenvalue weighted by Crippen LogP contribution is -2.11. The standard InChI is InChI=1S/C16H14ClNO3S/c1-11-3-5-13(6-4-11)22(19,20)18-8-7-12-9-16(21-2)14(17)10-15(12)18/h3-10H,1-2H3. The molecule has 0 amide bonds. The van der Waals surface area contributed by atoms with Crippen molar-refractivity contribution in [2.45, 2.75) is 11.8 Å². The number of methoxy groups -OCH3 is 1. The maximum atomic E-state index is 12.8. The van der Waals surface area contributed by atoms with Crippen LogP contribution in [0.25, 0.3) is 10.9 Å². The second-order valence-corrected chi connectivity index (χ2v) is 7.20. The number of aromatic nitrogens is 1. The molecule has 3 rings (SSSR count). The molecule has 0 aliphatic heterocycles. The van der Waals surface area contributed by atoms with Crippen LogP contribution in [-0.2, 0) is 10.0 Å². The molecule has 22 heavy (non-hydrogen) atoms. The highest BCUT2D eigenvalue weighted by molar-refractivity contribution is 7.90. The molecule has 6 heteroatoms. The third-order valence-corrected chi connectivity index (χ3v) is 5.51. The van der Waals surface area contributed by atoms with E-state index in [0.29, 0.717) is 16.3 Å². The van der Waals surface area contributed by atoms with E-state index in [4.69, 9.17) is 16.3 Å². The fraction of sp³-hybridized carbons (Fsp3) is 0.125. The first kappa shape index (κ1) is 14.9. The van der Waals surface area contributed by atoms with Crippen molar-refractivity contribution in [3.63, 3.8) is 0 Å². The molecule has 0 aliphatic rings. The smallest absolute Gasteiger partial charge is 0.268 e. The zero-order valence-corrected chi connectivity index (χ0v) is 13.6. The van der Waals surface area contributed by atoms with Crippen molar-refractivity contribution >= 4 is 32.5 Å². The number of rotatable bonds is 3. The third-order valence-electron chi connectivity index (χ3n) is 3.51. The number of ether oxygens (including phenoxy) is 1. The third kappa shape index (κ3) is 2.36. The second kappa shape index (κ2) is 5.34. The molecule has 0 atom stereocenters. The molecule has 0 aliphatic carbocycles. The number of nitrogens with zero attached hydrogens (tertiary/aromatic N) is 1. The summed E-state index contributed by atoms with van der Waals surface area (Å²) in [6.45, 7) is 1.91. The molecule has 0 saturated carbocycles. The first-order valence-corrected chi connectivity index (χ1v) is 8.42. The average molecular weight is 336 g/mol. The minimum absolute atomic E-state index is 0.238. The van der Waals surface area contributed by atoms with Crippen molar-refractivity contribution in [1.29, 1.82) is 0 Å². The van der Waals surface area contributed by atoms with Gasteiger partial charge in [-0.05, 0) is 37.3 Å². The van der Waals surface area contributed by atoms with Gasteiger partial charge in [-0.3, -0.25) is 0 Å². The van der Waals surface area contributed by atoms with Gasteiger partial charge in [0, 0.05) is 11.6 Å². The summed E-state index contributed by atoms with van der Waals surface area (Å²) in [5.74, 6) is 0.514. The summed E-state index contributed by atoms with van der Waals surface area (Å²) < 4.78 is 31.9. The van der Waals surface area contributed by atoms with Crippen LogP contribution in [0.2, 0.25) is 5.02 Å². The van der Waals surface area contributed by atoms with Gasteiger partial charge in [-0.25, -0.2) is 12.4 Å². The molecule has 0 radical (unpaired) electrons. The van der Waals surface area contributed by atoms with Crippen LogP contribution in [0.15, 0.2) is 53.6 Å². The summed E-state index contributed by atoms with van der Waals surface area (Å²) in [7, 11) is -2.14. The molecule has 4 nitrogen and oxygen atoms in total. The number of benzene rings is 2. The van der Waals surface area contributed by atoms with Crippen LogP contribution in [0, 0.1) is 6.92 Å². The van der Waals surface area contributed by atoms with Crippen molar-refractivity contribution in [3.8, 4) is 5.75 Å². The molecule has 0 saturated heterocycles. The zero-order chi connectivity index (χ0) is 15.9. The van der Waals surface area contributed by atoms with Crippen molar-refractivity contribution < 1.29 is 13.2 Å². The van der Waals surface area contributed by atoms with Gasteiger partial charge < -0.3 is 4.74 Å². The van der Waals surface area contributed by atoms with Crippen LogP contribution in [0.3, 0.4) is 0 Å². The number of halogens is 1. The largest absolute Gasteiger partial charge is 0.495 e. The number of fused-ring (bicyclic) bond motifs is 1. The molecular weight excluding hydrogens is 322 g/mol. The maximum absolute atomic E-state index is 12.8. The SMILES string of the molecule is COc1cc2ccn(S(=O)(=O)c3ccc(C)cc3)c2cc1Cl. The quantitative estimate of drug-likeness (QED) is 0.730. The van der Waals surface area contributed by atoms with Gasteiger partial charge in [0.25, 0.3) is 10.0 Å². The maximum Gasteiger partial charge on any atom is 0.268 e. The van der Waals surface area contributed by atoms with E-state index >= 15 is 0 Å². The summed E-state index contributed by atoms with van der Waals surface area (Å²) in [6, 6.07) is 11.8. The molecule has 0 bridgehead atoms. The van der Waals surface area contributed by atoms with Crippen molar-refractivity contribution in [2.75, 3.05) is 7.11 Å². The van der Waals surface area contributed by atoms with Crippen LogP contribution < -0.4 is 4.74 Å². The molecule has 2 aromatic carbocycles. The van der Waals surface area contributed by atoms with E-state index in [1.165, 1.54) is 17.3 Å². The van der Waals surface area contributed by atoms with E-state index in [1.54, 1.807) is 42.5 Å². The summed E-state index contributed by atoms with van der Waals surface area (Å²) in [4.78, 5) is 0.238. The molecule has 3 aromatic rings. The average Bonchev–Trinajstić information content (AvgIpc) is 2.90. The lowest BCUT2D eigenvalue weighted by atomic mass is 10.2. The number of hydrogen-bond acceptors (Lipinski definition) is 3. The highest BCUT2D eigenvalue weighted by Crippen LogP contribution is 2.32. The normalized spacial score (nSPS) is 11.8. The monoisotopic (exact) mass is 335 g/mol. The molecule has 1 aromatic heterocycles. The predicted molar refractivity (Wildman–Crippen MR) is 87.3 cm³/mol. The van der Waals surface area contributed by atoms with Gasteiger partial charge in [-0.15, -0.1) is 0 Å². The molecule has 114 valence electrons. The van der Waals surface area contributed by atoms with Crippen LogP contribution in [0.5, 0.6) is 5.75 Å². The topological polar surface area (TPSA) is 48.3 Å². The molecular formula is C16H14ClNO3S. The fourth-order valence-electron chi connectivity index (χ4n) is 2.30. The highest BCUT2D eigenvalue weighted by Gasteiger charge is 2.19. The van der Waals surface area contributed by atoms with E-state index in [2.05, 4.69) is 0 Å². The lowest BCUT2D eigenvalue weighted by molar-refractivity contribution is 0.415. The van der Waals surface area contributed by atoms with Gasteiger partial charge in [-0.1, -0.05) is 29.3 Å². The predicted octanol–water partition coefficient (Wildman–Crippen LogP) is 3.85. The van der Waals surface area contributed by atoms with Gasteiger partial charge >= 0.3 is 0 Å². The molecule has 1 heterocycles. The van der Waals surface area contributed by atoms with Crippen LogP contribution in [0.1, 0.15) is 5.56 Å². The minimum Gasteiger partial charge on any atom is -0.495 e. The minimum atomic E-state index is -3.66. The van der Waals surface area contributed by atoms with E-state index in [1.807, 2.05) is 6.92 Å². The summed E-state index contributed by atoms with van der Waals surface area (Å²) >= 11 is 6.12. The van der Waals surface area contributed by atoms with Crippen molar-refractivity contribution in [1.82, 2.24) is 3.97 Å². The van der Waals surface area contributed by atoms with Gasteiger partial charge in [0.2, 0.25) is 0 Å². The summed E-state index contributed by atoms with van der Waals surface area (Å²) in [5.41, 5.74) is 1.52. The first-order chi connectivity index (χ1) is 10.4. The molecule has 0 fully saturated rings. The van der Waals surface area contributed by atoms with E-state index in [0.717, 1.165) is 10.9 Å². The Labute approximate surface area is 133 Å². The molecule has 0 unspecified atom stereocenters. The lowest BCUT2D eigenvalue weighted by Gasteiger charge is -2.09. The fourth-order valence-corrected chi connectivity index (χ4v) is 3.88. The molecule has 0 spiro atoms. The Kier molecular flexibility index (Phi) is 3.62. The van der Waals surface area contributed by atoms with Gasteiger partial charge in [-0.2, -0.15) is 0 Å². The van der Waals surface area contributed by atoms with E-state index < -0.39 is 10.0 Å². The highest BCUT2D eigenvalue weighted by atomic mass is 35.5. The van der Waals surface area contributed by atoms with Crippen LogP contribution in [0.4, 0.5) is 0 Å². The van der Waals surface area contributed by atoms with Crippen molar-refractivity contribution in [3.05, 3.63) is 59.2 Å². The Morgan fingerprint density at radius 3 is 2.41 bits per heavy atom. The van der Waals surface area contributed by atoms with E-state index in [9.17, 15) is 8.42 Å². The number of aryl methyl sites for hydroxylation is 1. The Hall–Kier alpha value is -1.98. The Morgan fingerprint density at radius 1 is 1.09 bits per heavy atom. The first-order valence-electron chi connectivity index (χ1n) is 6.60. The van der Waals surface area contributed by atoms with Crippen molar-refractivity contribution in [2.24, 2.45) is 0 Å². The zero-order valence-electron chi connectivity index (χ0n) is 12.1. The second-order valence-electron chi connectivity index (χ2n) is 4.98. The molecule has 0 N–H and O–H groups in total.